The summed E-state index contributed by atoms with van der Waals surface area (Å²) in [5, 5.41) is 16.9. The molecule has 0 aliphatic heterocycles. The highest BCUT2D eigenvalue weighted by atomic mass is 19.1. The Labute approximate surface area is 86.1 Å². The van der Waals surface area contributed by atoms with Gasteiger partial charge in [-0.1, -0.05) is 12.2 Å². The van der Waals surface area contributed by atoms with Gasteiger partial charge in [-0.15, -0.1) is 0 Å². The number of hydrogen-bond acceptors (Lipinski definition) is 2. The van der Waals surface area contributed by atoms with Crippen molar-refractivity contribution in [3.8, 4) is 6.07 Å². The summed E-state index contributed by atoms with van der Waals surface area (Å²) in [4.78, 5) is 10.6. The number of hydrogen-bond donors (Lipinski definition) is 1. The lowest BCUT2D eigenvalue weighted by atomic mass is 10.1. The van der Waals surface area contributed by atoms with E-state index in [1.165, 1.54) is 18.2 Å². The third-order valence-corrected chi connectivity index (χ3v) is 1.69. The highest BCUT2D eigenvalue weighted by molar-refractivity contribution is 5.88. The van der Waals surface area contributed by atoms with Crippen LogP contribution >= 0.6 is 0 Å². The van der Waals surface area contributed by atoms with E-state index < -0.39 is 11.8 Å². The number of rotatable bonds is 3. The van der Waals surface area contributed by atoms with Crippen molar-refractivity contribution in [1.29, 1.82) is 5.26 Å². The summed E-state index contributed by atoms with van der Waals surface area (Å²) < 4.78 is 12.9. The Morgan fingerprint density at radius 1 is 1.53 bits per heavy atom. The van der Waals surface area contributed by atoms with Crippen molar-refractivity contribution >= 4 is 12.0 Å². The molecule has 0 unspecified atom stereocenters. The minimum atomic E-state index is -1.18. The Hall–Kier alpha value is -2.15. The molecule has 76 valence electrons. The van der Waals surface area contributed by atoms with E-state index in [9.17, 15) is 9.18 Å². The number of allylic oxidation sites excluding steroid dienone is 1. The summed E-state index contributed by atoms with van der Waals surface area (Å²) in [5.74, 6) is -1.78. The second kappa shape index (κ2) is 4.91. The number of carboxylic acids is 1. The molecule has 0 amide bonds. The van der Waals surface area contributed by atoms with Crippen LogP contribution in [0.25, 0.3) is 6.08 Å². The predicted molar refractivity (Wildman–Crippen MR) is 52.6 cm³/mol. The summed E-state index contributed by atoms with van der Waals surface area (Å²) in [6.07, 6.45) is 3.26. The predicted octanol–water partition coefficient (Wildman–Crippen LogP) is 2.45. The molecular formula is C11H8FNO2. The van der Waals surface area contributed by atoms with Crippen LogP contribution in [0.4, 0.5) is 4.39 Å². The molecule has 0 spiro atoms. The summed E-state index contributed by atoms with van der Waals surface area (Å²) in [7, 11) is 0. The van der Waals surface area contributed by atoms with Gasteiger partial charge in [-0.2, -0.15) is 5.26 Å². The fourth-order valence-electron chi connectivity index (χ4n) is 1.08. The first-order valence-electron chi connectivity index (χ1n) is 4.21. The third kappa shape index (κ3) is 3.24. The molecular weight excluding hydrogens is 197 g/mol. The van der Waals surface area contributed by atoms with Gasteiger partial charge < -0.3 is 5.11 Å². The van der Waals surface area contributed by atoms with E-state index in [0.29, 0.717) is 5.56 Å². The molecule has 0 radical (unpaired) electrons. The SMILES string of the molecule is N#CCC=Cc1cc(F)cc(C(=O)O)c1. The van der Waals surface area contributed by atoms with Crippen molar-refractivity contribution in [3.05, 3.63) is 41.2 Å². The molecule has 0 aromatic heterocycles. The zero-order valence-corrected chi connectivity index (χ0v) is 7.77. The standard InChI is InChI=1S/C11H8FNO2/c12-10-6-8(3-1-2-4-13)5-9(7-10)11(14)15/h1,3,5-7H,2H2,(H,14,15). The molecule has 1 aromatic carbocycles. The van der Waals surface area contributed by atoms with Gasteiger partial charge >= 0.3 is 5.97 Å². The van der Waals surface area contributed by atoms with E-state index in [1.807, 2.05) is 6.07 Å². The van der Waals surface area contributed by atoms with E-state index in [2.05, 4.69) is 0 Å². The van der Waals surface area contributed by atoms with Crippen LogP contribution in [0.5, 0.6) is 0 Å². The molecule has 1 rings (SSSR count). The molecule has 4 heteroatoms. The largest absolute Gasteiger partial charge is 0.478 e. The maximum atomic E-state index is 12.9. The molecule has 1 aromatic rings. The maximum absolute atomic E-state index is 12.9. The van der Waals surface area contributed by atoms with Gasteiger partial charge in [0.15, 0.2) is 0 Å². The zero-order chi connectivity index (χ0) is 11.3. The molecule has 0 aliphatic carbocycles. The first-order valence-corrected chi connectivity index (χ1v) is 4.21. The van der Waals surface area contributed by atoms with Crippen LogP contribution in [-0.2, 0) is 0 Å². The van der Waals surface area contributed by atoms with Crippen LogP contribution in [0, 0.1) is 17.1 Å². The van der Waals surface area contributed by atoms with E-state index in [0.717, 1.165) is 6.07 Å². The van der Waals surface area contributed by atoms with Crippen molar-refractivity contribution in [1.82, 2.24) is 0 Å². The highest BCUT2D eigenvalue weighted by Crippen LogP contribution is 2.11. The first kappa shape index (κ1) is 10.9. The van der Waals surface area contributed by atoms with Gasteiger partial charge in [0.1, 0.15) is 5.82 Å². The number of nitrogens with zero attached hydrogens (tertiary/aromatic N) is 1. The number of carboxylic acid groups (broad SMARTS) is 1. The van der Waals surface area contributed by atoms with Crippen molar-refractivity contribution < 1.29 is 14.3 Å². The van der Waals surface area contributed by atoms with Crippen LogP contribution in [0.15, 0.2) is 24.3 Å². The minimum absolute atomic E-state index is 0.105. The van der Waals surface area contributed by atoms with Crippen molar-refractivity contribution in [2.45, 2.75) is 6.42 Å². The molecule has 0 saturated carbocycles. The molecule has 0 atom stereocenters. The zero-order valence-electron chi connectivity index (χ0n) is 7.77. The summed E-state index contributed by atoms with van der Waals surface area (Å²) in [6, 6.07) is 5.40. The Morgan fingerprint density at radius 2 is 2.27 bits per heavy atom. The fraction of sp³-hybridized carbons (Fsp3) is 0.0909. The van der Waals surface area contributed by atoms with Crippen LogP contribution in [0.1, 0.15) is 22.3 Å². The normalized spacial score (nSPS) is 10.1. The molecule has 0 bridgehead atoms. The Balaban J connectivity index is 3.00. The lowest BCUT2D eigenvalue weighted by Gasteiger charge is -1.98. The number of nitriles is 1. The second-order valence-corrected chi connectivity index (χ2v) is 2.84. The van der Waals surface area contributed by atoms with E-state index in [4.69, 9.17) is 10.4 Å². The van der Waals surface area contributed by atoms with Gasteiger partial charge in [0.05, 0.1) is 18.1 Å². The number of carbonyl (C=O) groups is 1. The Kier molecular flexibility index (Phi) is 3.58. The monoisotopic (exact) mass is 205 g/mol. The van der Waals surface area contributed by atoms with Crippen LogP contribution in [0.3, 0.4) is 0 Å². The average molecular weight is 205 g/mol. The Morgan fingerprint density at radius 3 is 2.87 bits per heavy atom. The van der Waals surface area contributed by atoms with Crippen molar-refractivity contribution in [3.63, 3.8) is 0 Å². The maximum Gasteiger partial charge on any atom is 0.335 e. The smallest absolute Gasteiger partial charge is 0.335 e. The Bertz CT molecular complexity index is 446. The molecule has 1 N–H and O–H groups in total. The summed E-state index contributed by atoms with van der Waals surface area (Å²) in [6.45, 7) is 0. The molecule has 0 aliphatic rings. The van der Waals surface area contributed by atoms with Crippen LogP contribution in [0.2, 0.25) is 0 Å². The van der Waals surface area contributed by atoms with Crippen molar-refractivity contribution in [2.75, 3.05) is 0 Å². The van der Waals surface area contributed by atoms with Crippen LogP contribution in [-0.4, -0.2) is 11.1 Å². The van der Waals surface area contributed by atoms with Gasteiger partial charge in [0.2, 0.25) is 0 Å². The van der Waals surface area contributed by atoms with Crippen LogP contribution < -0.4 is 0 Å². The molecule has 15 heavy (non-hydrogen) atoms. The topological polar surface area (TPSA) is 61.1 Å². The minimum Gasteiger partial charge on any atom is -0.478 e. The van der Waals surface area contributed by atoms with Crippen molar-refractivity contribution in [2.24, 2.45) is 0 Å². The van der Waals surface area contributed by atoms with Gasteiger partial charge in [0, 0.05) is 0 Å². The summed E-state index contributed by atoms with van der Waals surface area (Å²) in [5.41, 5.74) is 0.328. The fourth-order valence-corrected chi connectivity index (χ4v) is 1.08. The molecule has 0 heterocycles. The number of benzene rings is 1. The van der Waals surface area contributed by atoms with Gasteiger partial charge in [-0.3, -0.25) is 0 Å². The number of aromatic carboxylic acids is 1. The van der Waals surface area contributed by atoms with E-state index in [1.54, 1.807) is 6.08 Å². The molecule has 0 saturated heterocycles. The van der Waals surface area contributed by atoms with E-state index >= 15 is 0 Å². The number of halogens is 1. The first-order chi connectivity index (χ1) is 7.13. The summed E-state index contributed by atoms with van der Waals surface area (Å²) >= 11 is 0. The second-order valence-electron chi connectivity index (χ2n) is 2.84. The highest BCUT2D eigenvalue weighted by Gasteiger charge is 2.05. The lowest BCUT2D eigenvalue weighted by molar-refractivity contribution is 0.0696. The average Bonchev–Trinajstić information content (AvgIpc) is 2.17. The van der Waals surface area contributed by atoms with E-state index in [-0.39, 0.29) is 12.0 Å². The molecule has 0 fully saturated rings. The van der Waals surface area contributed by atoms with Gasteiger partial charge in [-0.25, -0.2) is 9.18 Å². The quantitative estimate of drug-likeness (QED) is 0.824. The lowest BCUT2D eigenvalue weighted by Crippen LogP contribution is -1.97. The van der Waals surface area contributed by atoms with Gasteiger partial charge in [0.25, 0.3) is 0 Å². The van der Waals surface area contributed by atoms with Gasteiger partial charge in [-0.05, 0) is 23.8 Å². The third-order valence-electron chi connectivity index (χ3n) is 1.69. The molecule has 3 nitrogen and oxygen atoms in total.